The molecule has 0 amide bonds. The zero-order chi connectivity index (χ0) is 12.6. The van der Waals surface area contributed by atoms with Gasteiger partial charge in [0, 0.05) is 18.0 Å². The van der Waals surface area contributed by atoms with Gasteiger partial charge in [0.1, 0.15) is 0 Å². The van der Waals surface area contributed by atoms with Crippen LogP contribution < -0.4 is 0 Å². The minimum absolute atomic E-state index is 0.593. The fourth-order valence-corrected chi connectivity index (χ4v) is 3.41. The predicted octanol–water partition coefficient (Wildman–Crippen LogP) is -0.460. The van der Waals surface area contributed by atoms with Crippen molar-refractivity contribution in [3.05, 3.63) is 30.1 Å². The summed E-state index contributed by atoms with van der Waals surface area (Å²) in [5.74, 6) is 0. The third kappa shape index (κ3) is 2.09. The van der Waals surface area contributed by atoms with Crippen molar-refractivity contribution in [3.8, 4) is 0 Å². The van der Waals surface area contributed by atoms with E-state index in [0.717, 1.165) is 24.5 Å². The van der Waals surface area contributed by atoms with E-state index in [1.807, 2.05) is 0 Å². The van der Waals surface area contributed by atoms with Gasteiger partial charge in [-0.05, 0) is 12.1 Å². The molecule has 1 heterocycles. The minimum atomic E-state index is -5.47. The number of aromatic nitrogens is 1. The van der Waals surface area contributed by atoms with Gasteiger partial charge in [0.15, 0.2) is 0 Å². The first kappa shape index (κ1) is 13.5. The third-order valence-corrected chi connectivity index (χ3v) is 5.58. The fourth-order valence-electron chi connectivity index (χ4n) is 1.08. The first-order chi connectivity index (χ1) is 7.11. The van der Waals surface area contributed by atoms with Crippen molar-refractivity contribution in [2.24, 2.45) is 0 Å². The van der Waals surface area contributed by atoms with Crippen LogP contribution in [0.15, 0.2) is 24.5 Å². The van der Waals surface area contributed by atoms with Crippen LogP contribution in [0, 0.1) is 0 Å². The van der Waals surface area contributed by atoms with Crippen molar-refractivity contribution < 1.29 is 33.8 Å². The molecule has 5 N–H and O–H groups in total. The molecule has 16 heavy (non-hydrogen) atoms. The Labute approximate surface area is 89.9 Å². The van der Waals surface area contributed by atoms with Gasteiger partial charge < -0.3 is 24.7 Å². The van der Waals surface area contributed by atoms with Gasteiger partial charge >= 0.3 is 15.2 Å². The predicted molar refractivity (Wildman–Crippen MR) is 52.2 cm³/mol. The van der Waals surface area contributed by atoms with E-state index in [1.165, 1.54) is 0 Å². The lowest BCUT2D eigenvalue weighted by molar-refractivity contribution is 0.131. The summed E-state index contributed by atoms with van der Waals surface area (Å²) in [5.41, 5.74) is -0.593. The second kappa shape index (κ2) is 4.01. The summed E-state index contributed by atoms with van der Waals surface area (Å²) in [7, 11) is -10.9. The van der Waals surface area contributed by atoms with Crippen LogP contribution in [0.5, 0.6) is 0 Å². The van der Waals surface area contributed by atoms with E-state index in [0.29, 0.717) is 0 Å². The van der Waals surface area contributed by atoms with E-state index in [4.69, 9.17) is 19.6 Å². The largest absolute Gasteiger partial charge is 0.374 e. The molecule has 90 valence electrons. The Kier molecular flexibility index (Phi) is 3.38. The Morgan fingerprint density at radius 1 is 1.00 bits per heavy atom. The molecule has 0 atom stereocenters. The van der Waals surface area contributed by atoms with Crippen LogP contribution >= 0.6 is 15.2 Å². The molecular formula is C6H9NO7P2. The van der Waals surface area contributed by atoms with Gasteiger partial charge in [-0.2, -0.15) is 0 Å². The summed E-state index contributed by atoms with van der Waals surface area (Å²) in [4.78, 5) is 39.0. The summed E-state index contributed by atoms with van der Waals surface area (Å²) in [5, 5.41) is 6.06. The van der Waals surface area contributed by atoms with Gasteiger partial charge in [-0.1, -0.05) is 0 Å². The molecule has 1 aromatic heterocycles. The number of hydrogen-bond donors (Lipinski definition) is 5. The maximum absolute atomic E-state index is 11.0. The summed E-state index contributed by atoms with van der Waals surface area (Å²) < 4.78 is 22.1. The monoisotopic (exact) mass is 269 g/mol. The highest BCUT2D eigenvalue weighted by Gasteiger charge is 2.60. The zero-order valence-corrected chi connectivity index (χ0v) is 9.49. The SMILES string of the molecule is O=P(O)(O)C(O)(c1ccncc1)P(=O)(O)O. The Morgan fingerprint density at radius 3 is 1.69 bits per heavy atom. The van der Waals surface area contributed by atoms with E-state index in [1.54, 1.807) is 0 Å². The molecule has 0 bridgehead atoms. The molecule has 0 saturated heterocycles. The molecular weight excluding hydrogens is 260 g/mol. The van der Waals surface area contributed by atoms with Crippen LogP contribution in [-0.4, -0.2) is 29.7 Å². The van der Waals surface area contributed by atoms with Crippen LogP contribution in [0.3, 0.4) is 0 Å². The van der Waals surface area contributed by atoms with Crippen molar-refractivity contribution in [3.63, 3.8) is 0 Å². The van der Waals surface area contributed by atoms with Crippen LogP contribution in [0.4, 0.5) is 0 Å². The fraction of sp³-hybridized carbons (Fsp3) is 0.167. The summed E-state index contributed by atoms with van der Waals surface area (Å²) in [6.07, 6.45) is 2.09. The normalized spacial score (nSPS) is 13.8. The van der Waals surface area contributed by atoms with E-state index in [-0.39, 0.29) is 0 Å². The van der Waals surface area contributed by atoms with Gasteiger partial charge in [-0.3, -0.25) is 14.1 Å². The van der Waals surface area contributed by atoms with Crippen LogP contribution in [0.2, 0.25) is 0 Å². The number of nitrogens with zero attached hydrogens (tertiary/aromatic N) is 1. The van der Waals surface area contributed by atoms with Gasteiger partial charge in [0.25, 0.3) is 5.08 Å². The van der Waals surface area contributed by atoms with E-state index in [2.05, 4.69) is 4.98 Å². The molecule has 1 rings (SSSR count). The zero-order valence-electron chi connectivity index (χ0n) is 7.70. The minimum Gasteiger partial charge on any atom is -0.364 e. The van der Waals surface area contributed by atoms with E-state index in [9.17, 15) is 14.2 Å². The Morgan fingerprint density at radius 2 is 1.38 bits per heavy atom. The smallest absolute Gasteiger partial charge is 0.364 e. The standard InChI is InChI=1S/C6H9NO7P2/c8-6(15(9,10)11,16(12,13)14)5-1-3-7-4-2-5/h1-4,8H,(H2,9,10,11)(H2,12,13,14). The Hall–Kier alpha value is -0.590. The molecule has 0 fully saturated rings. The Balaban J connectivity index is 3.52. The van der Waals surface area contributed by atoms with Crippen LogP contribution in [0.1, 0.15) is 5.56 Å². The molecule has 0 aliphatic heterocycles. The lowest BCUT2D eigenvalue weighted by Crippen LogP contribution is -2.25. The van der Waals surface area contributed by atoms with E-state index >= 15 is 0 Å². The second-order valence-corrected chi connectivity index (χ2v) is 6.78. The molecule has 1 aromatic rings. The average Bonchev–Trinajstić information content (AvgIpc) is 2.14. The van der Waals surface area contributed by atoms with Gasteiger partial charge in [0.05, 0.1) is 0 Å². The molecule has 0 saturated carbocycles. The maximum atomic E-state index is 11.0. The summed E-state index contributed by atoms with van der Waals surface area (Å²) >= 11 is 0. The number of hydrogen-bond acceptors (Lipinski definition) is 4. The second-order valence-electron chi connectivity index (χ2n) is 2.96. The van der Waals surface area contributed by atoms with Gasteiger partial charge in [-0.25, -0.2) is 0 Å². The molecule has 8 nitrogen and oxygen atoms in total. The lowest BCUT2D eigenvalue weighted by atomic mass is 10.3. The molecule has 0 aliphatic rings. The number of rotatable bonds is 3. The lowest BCUT2D eigenvalue weighted by Gasteiger charge is -2.29. The number of aliphatic hydroxyl groups is 1. The molecule has 0 unspecified atom stereocenters. The van der Waals surface area contributed by atoms with Crippen LogP contribution in [-0.2, 0) is 14.2 Å². The molecule has 0 aliphatic carbocycles. The Bertz CT molecular complexity index is 441. The van der Waals surface area contributed by atoms with Gasteiger partial charge in [-0.15, -0.1) is 0 Å². The van der Waals surface area contributed by atoms with Gasteiger partial charge in [0.2, 0.25) is 0 Å². The highest BCUT2D eigenvalue weighted by atomic mass is 31.2. The maximum Gasteiger partial charge on any atom is 0.374 e. The number of pyridine rings is 1. The molecule has 0 radical (unpaired) electrons. The first-order valence-corrected chi connectivity index (χ1v) is 7.07. The van der Waals surface area contributed by atoms with Crippen molar-refractivity contribution in [1.29, 1.82) is 0 Å². The quantitative estimate of drug-likeness (QED) is 0.463. The topological polar surface area (TPSA) is 148 Å². The van der Waals surface area contributed by atoms with E-state index < -0.39 is 25.8 Å². The molecule has 0 aromatic carbocycles. The summed E-state index contributed by atoms with van der Waals surface area (Å²) in [6.45, 7) is 0. The van der Waals surface area contributed by atoms with Crippen molar-refractivity contribution in [1.82, 2.24) is 4.98 Å². The highest BCUT2D eigenvalue weighted by molar-refractivity contribution is 7.71. The molecule has 10 heteroatoms. The van der Waals surface area contributed by atoms with Crippen molar-refractivity contribution in [2.45, 2.75) is 5.08 Å². The first-order valence-electron chi connectivity index (χ1n) is 3.85. The third-order valence-electron chi connectivity index (χ3n) is 1.88. The highest BCUT2D eigenvalue weighted by Crippen LogP contribution is 2.72. The molecule has 0 spiro atoms. The average molecular weight is 269 g/mol. The summed E-state index contributed by atoms with van der Waals surface area (Å²) in [6, 6.07) is 1.83. The van der Waals surface area contributed by atoms with Crippen molar-refractivity contribution >= 4 is 15.2 Å². The van der Waals surface area contributed by atoms with Crippen LogP contribution in [0.25, 0.3) is 0 Å². The van der Waals surface area contributed by atoms with Crippen molar-refractivity contribution in [2.75, 3.05) is 0 Å².